The number of hydrogen-bond acceptors (Lipinski definition) is 3. The van der Waals surface area contributed by atoms with Crippen molar-refractivity contribution in [3.05, 3.63) is 35.9 Å². The standard InChI is InChI=1S/C15H16O5/c1-8-11(16)7-10(14(17)18)13(15(19)20)12(8)9-5-3-2-4-6-9/h2-6,8,10,12-13H,7H2,1H3,(H,17,18)(H,19,20)/t8-,10-,12-,13-/m0/s1. The number of hydrogen-bond donors (Lipinski definition) is 2. The van der Waals surface area contributed by atoms with Crippen LogP contribution in [0, 0.1) is 17.8 Å². The van der Waals surface area contributed by atoms with E-state index in [9.17, 15) is 24.6 Å². The zero-order chi connectivity index (χ0) is 14.9. The van der Waals surface area contributed by atoms with Crippen LogP contribution in [0.2, 0.25) is 0 Å². The Balaban J connectivity index is 2.50. The first kappa shape index (κ1) is 14.2. The van der Waals surface area contributed by atoms with Crippen LogP contribution in [0.1, 0.15) is 24.8 Å². The second kappa shape index (κ2) is 5.45. The Kier molecular flexibility index (Phi) is 3.88. The maximum absolute atomic E-state index is 12.0. The zero-order valence-corrected chi connectivity index (χ0v) is 11.0. The molecule has 1 aromatic rings. The molecule has 0 aliphatic heterocycles. The molecule has 5 nitrogen and oxygen atoms in total. The number of carbonyl (C=O) groups is 3. The molecule has 4 atom stereocenters. The lowest BCUT2D eigenvalue weighted by Gasteiger charge is -2.37. The summed E-state index contributed by atoms with van der Waals surface area (Å²) in [5, 5.41) is 18.6. The Hall–Kier alpha value is -2.17. The molecular formula is C15H16O5. The van der Waals surface area contributed by atoms with E-state index in [1.807, 2.05) is 0 Å². The van der Waals surface area contributed by atoms with Crippen LogP contribution in [-0.2, 0) is 14.4 Å². The van der Waals surface area contributed by atoms with E-state index in [-0.39, 0.29) is 12.2 Å². The average molecular weight is 276 g/mol. The van der Waals surface area contributed by atoms with E-state index >= 15 is 0 Å². The van der Waals surface area contributed by atoms with Crippen molar-refractivity contribution in [2.45, 2.75) is 19.3 Å². The van der Waals surface area contributed by atoms with Crippen molar-refractivity contribution in [1.82, 2.24) is 0 Å². The van der Waals surface area contributed by atoms with Crippen molar-refractivity contribution in [2.75, 3.05) is 0 Å². The van der Waals surface area contributed by atoms with Gasteiger partial charge in [0, 0.05) is 18.3 Å². The molecule has 1 aliphatic carbocycles. The molecule has 0 spiro atoms. The van der Waals surface area contributed by atoms with Crippen LogP contribution in [0.25, 0.3) is 0 Å². The molecule has 2 rings (SSSR count). The second-order valence-electron chi connectivity index (χ2n) is 5.20. The smallest absolute Gasteiger partial charge is 0.308 e. The van der Waals surface area contributed by atoms with E-state index < -0.39 is 35.6 Å². The summed E-state index contributed by atoms with van der Waals surface area (Å²) >= 11 is 0. The molecule has 0 unspecified atom stereocenters. The van der Waals surface area contributed by atoms with Crippen LogP contribution in [-0.4, -0.2) is 27.9 Å². The summed E-state index contributed by atoms with van der Waals surface area (Å²) < 4.78 is 0. The summed E-state index contributed by atoms with van der Waals surface area (Å²) in [5.74, 6) is -5.91. The number of carboxylic acids is 2. The minimum Gasteiger partial charge on any atom is -0.481 e. The summed E-state index contributed by atoms with van der Waals surface area (Å²) in [6, 6.07) is 8.80. The number of ketones is 1. The quantitative estimate of drug-likeness (QED) is 0.878. The highest BCUT2D eigenvalue weighted by atomic mass is 16.4. The fourth-order valence-electron chi connectivity index (χ4n) is 3.03. The fraction of sp³-hybridized carbons (Fsp3) is 0.400. The predicted octanol–water partition coefficient (Wildman–Crippen LogP) is 1.78. The largest absolute Gasteiger partial charge is 0.481 e. The number of Topliss-reactive ketones (excluding diaryl/α,β-unsaturated/α-hetero) is 1. The first-order chi connectivity index (χ1) is 9.43. The number of carboxylic acid groups (broad SMARTS) is 2. The third-order valence-electron chi connectivity index (χ3n) is 4.07. The molecule has 0 heterocycles. The lowest BCUT2D eigenvalue weighted by atomic mass is 9.64. The van der Waals surface area contributed by atoms with Gasteiger partial charge in [-0.2, -0.15) is 0 Å². The van der Waals surface area contributed by atoms with Gasteiger partial charge in [-0.3, -0.25) is 14.4 Å². The summed E-state index contributed by atoms with van der Waals surface area (Å²) in [7, 11) is 0. The summed E-state index contributed by atoms with van der Waals surface area (Å²) in [5.41, 5.74) is 0.701. The average Bonchev–Trinajstić information content (AvgIpc) is 2.41. The zero-order valence-electron chi connectivity index (χ0n) is 11.0. The third-order valence-corrected chi connectivity index (χ3v) is 4.07. The Morgan fingerprint density at radius 3 is 2.20 bits per heavy atom. The van der Waals surface area contributed by atoms with E-state index in [0.29, 0.717) is 5.56 Å². The van der Waals surface area contributed by atoms with Crippen molar-refractivity contribution < 1.29 is 24.6 Å². The molecule has 0 bridgehead atoms. The molecule has 5 heteroatoms. The van der Waals surface area contributed by atoms with Gasteiger partial charge < -0.3 is 10.2 Å². The van der Waals surface area contributed by atoms with E-state index in [2.05, 4.69) is 0 Å². The number of benzene rings is 1. The van der Waals surface area contributed by atoms with E-state index in [1.165, 1.54) is 0 Å². The van der Waals surface area contributed by atoms with Crippen LogP contribution >= 0.6 is 0 Å². The lowest BCUT2D eigenvalue weighted by molar-refractivity contribution is -0.160. The normalized spacial score (nSPS) is 29.9. The number of aliphatic carboxylic acids is 2. The third kappa shape index (κ3) is 2.43. The first-order valence-corrected chi connectivity index (χ1v) is 6.46. The van der Waals surface area contributed by atoms with Crippen molar-refractivity contribution in [3.63, 3.8) is 0 Å². The predicted molar refractivity (Wildman–Crippen MR) is 70.2 cm³/mol. The van der Waals surface area contributed by atoms with Gasteiger partial charge >= 0.3 is 11.9 Å². The van der Waals surface area contributed by atoms with Crippen molar-refractivity contribution in [3.8, 4) is 0 Å². The van der Waals surface area contributed by atoms with Crippen LogP contribution in [0.4, 0.5) is 0 Å². The van der Waals surface area contributed by atoms with Gasteiger partial charge in [0.1, 0.15) is 5.78 Å². The molecule has 1 aromatic carbocycles. The Morgan fingerprint density at radius 1 is 1.10 bits per heavy atom. The van der Waals surface area contributed by atoms with Crippen molar-refractivity contribution in [2.24, 2.45) is 17.8 Å². The first-order valence-electron chi connectivity index (χ1n) is 6.46. The van der Waals surface area contributed by atoms with Crippen molar-refractivity contribution in [1.29, 1.82) is 0 Å². The monoisotopic (exact) mass is 276 g/mol. The van der Waals surface area contributed by atoms with Crippen LogP contribution in [0.5, 0.6) is 0 Å². The molecule has 0 saturated heterocycles. The van der Waals surface area contributed by atoms with Gasteiger partial charge in [0.2, 0.25) is 0 Å². The van der Waals surface area contributed by atoms with Crippen LogP contribution < -0.4 is 0 Å². The van der Waals surface area contributed by atoms with Gasteiger partial charge in [0.05, 0.1) is 11.8 Å². The Morgan fingerprint density at radius 2 is 1.70 bits per heavy atom. The minimum atomic E-state index is -1.22. The van der Waals surface area contributed by atoms with E-state index in [1.54, 1.807) is 37.3 Å². The van der Waals surface area contributed by atoms with Gasteiger partial charge in [0.25, 0.3) is 0 Å². The molecule has 0 amide bonds. The van der Waals surface area contributed by atoms with E-state index in [0.717, 1.165) is 0 Å². The fourth-order valence-corrected chi connectivity index (χ4v) is 3.03. The molecule has 20 heavy (non-hydrogen) atoms. The lowest BCUT2D eigenvalue weighted by Crippen LogP contribution is -2.44. The SMILES string of the molecule is C[C@H]1C(=O)C[C@H](C(=O)O)[C@H](C(=O)O)[C@@H]1c1ccccc1. The Labute approximate surface area is 116 Å². The van der Waals surface area contributed by atoms with Crippen LogP contribution in [0.15, 0.2) is 30.3 Å². The van der Waals surface area contributed by atoms with Gasteiger partial charge in [0.15, 0.2) is 0 Å². The molecule has 1 saturated carbocycles. The van der Waals surface area contributed by atoms with Gasteiger partial charge in [-0.15, -0.1) is 0 Å². The molecule has 2 N–H and O–H groups in total. The molecular weight excluding hydrogens is 260 g/mol. The maximum atomic E-state index is 12.0. The Bertz CT molecular complexity index is 536. The second-order valence-corrected chi connectivity index (χ2v) is 5.20. The molecule has 0 radical (unpaired) electrons. The summed E-state index contributed by atoms with van der Waals surface area (Å²) in [6.45, 7) is 1.67. The highest BCUT2D eigenvalue weighted by Crippen LogP contribution is 2.43. The highest BCUT2D eigenvalue weighted by molar-refractivity contribution is 5.92. The number of rotatable bonds is 3. The topological polar surface area (TPSA) is 91.7 Å². The van der Waals surface area contributed by atoms with Crippen molar-refractivity contribution >= 4 is 17.7 Å². The summed E-state index contributed by atoms with van der Waals surface area (Å²) in [4.78, 5) is 34.8. The van der Waals surface area contributed by atoms with Gasteiger partial charge in [-0.25, -0.2) is 0 Å². The molecule has 0 aromatic heterocycles. The van der Waals surface area contributed by atoms with Gasteiger partial charge in [-0.05, 0) is 5.56 Å². The van der Waals surface area contributed by atoms with E-state index in [4.69, 9.17) is 0 Å². The minimum absolute atomic E-state index is 0.191. The maximum Gasteiger partial charge on any atom is 0.308 e. The van der Waals surface area contributed by atoms with Gasteiger partial charge in [-0.1, -0.05) is 37.3 Å². The van der Waals surface area contributed by atoms with Crippen LogP contribution in [0.3, 0.4) is 0 Å². The highest BCUT2D eigenvalue weighted by Gasteiger charge is 2.49. The molecule has 1 fully saturated rings. The number of carbonyl (C=O) groups excluding carboxylic acids is 1. The molecule has 1 aliphatic rings. The summed E-state index contributed by atoms with van der Waals surface area (Å²) in [6.07, 6.45) is -0.212. The molecule has 106 valence electrons.